The molecule has 0 aliphatic rings. The first-order chi connectivity index (χ1) is 7.26. The number of rotatable bonds is 1. The van der Waals surface area contributed by atoms with E-state index in [1.165, 1.54) is 0 Å². The average molecular weight is 200 g/mol. The molecule has 4 nitrogen and oxygen atoms in total. The van der Waals surface area contributed by atoms with Gasteiger partial charge in [-0.2, -0.15) is 5.26 Å². The van der Waals surface area contributed by atoms with Gasteiger partial charge in [0.15, 0.2) is 0 Å². The fourth-order valence-electron chi connectivity index (χ4n) is 0.849. The molecule has 0 aliphatic heterocycles. The highest BCUT2D eigenvalue weighted by Gasteiger charge is 1.95. The molecule has 1 aromatic heterocycles. The van der Waals surface area contributed by atoms with E-state index >= 15 is 0 Å². The topological polar surface area (TPSA) is 63.0 Å². The SMILES string of the molecule is CCOC(=O)C#Cc1cccc(C#N)n1. The van der Waals surface area contributed by atoms with Gasteiger partial charge in [0.25, 0.3) is 0 Å². The van der Waals surface area contributed by atoms with Crippen molar-refractivity contribution in [2.45, 2.75) is 6.92 Å². The van der Waals surface area contributed by atoms with E-state index in [4.69, 9.17) is 5.26 Å². The summed E-state index contributed by atoms with van der Waals surface area (Å²) < 4.78 is 4.61. The summed E-state index contributed by atoms with van der Waals surface area (Å²) in [6.45, 7) is 1.99. The summed E-state index contributed by atoms with van der Waals surface area (Å²) in [4.78, 5) is 14.8. The molecule has 1 heterocycles. The molecule has 15 heavy (non-hydrogen) atoms. The molecule has 0 N–H and O–H groups in total. The first-order valence-electron chi connectivity index (χ1n) is 4.32. The van der Waals surface area contributed by atoms with Gasteiger partial charge >= 0.3 is 5.97 Å². The summed E-state index contributed by atoms with van der Waals surface area (Å²) in [5, 5.41) is 8.57. The fraction of sp³-hybridized carbons (Fsp3) is 0.182. The Balaban J connectivity index is 2.80. The van der Waals surface area contributed by atoms with Gasteiger partial charge in [-0.15, -0.1) is 0 Å². The van der Waals surface area contributed by atoms with E-state index in [1.807, 2.05) is 6.07 Å². The van der Waals surface area contributed by atoms with Crippen LogP contribution in [0.15, 0.2) is 18.2 Å². The van der Waals surface area contributed by atoms with Crippen molar-refractivity contribution in [3.63, 3.8) is 0 Å². The van der Waals surface area contributed by atoms with Gasteiger partial charge in [-0.1, -0.05) is 6.07 Å². The molecule has 1 rings (SSSR count). The van der Waals surface area contributed by atoms with Crippen molar-refractivity contribution in [3.8, 4) is 17.9 Å². The molecule has 0 fully saturated rings. The Bertz CT molecular complexity index is 463. The van der Waals surface area contributed by atoms with Crippen LogP contribution in [0.4, 0.5) is 0 Å². The summed E-state index contributed by atoms with van der Waals surface area (Å²) in [5.41, 5.74) is 0.646. The molecule has 0 saturated carbocycles. The van der Waals surface area contributed by atoms with Crippen LogP contribution in [0.2, 0.25) is 0 Å². The van der Waals surface area contributed by atoms with E-state index in [2.05, 4.69) is 21.6 Å². The minimum atomic E-state index is -0.596. The van der Waals surface area contributed by atoms with Gasteiger partial charge in [0.2, 0.25) is 0 Å². The largest absolute Gasteiger partial charge is 0.456 e. The van der Waals surface area contributed by atoms with E-state index in [1.54, 1.807) is 25.1 Å². The number of pyridine rings is 1. The normalized spacial score (nSPS) is 8.27. The van der Waals surface area contributed by atoms with E-state index in [-0.39, 0.29) is 5.69 Å². The standard InChI is InChI=1S/C11H8N2O2/c1-2-15-11(14)7-6-9-4-3-5-10(8-12)13-9/h3-5H,2H2,1H3. The number of ether oxygens (including phenoxy) is 1. The van der Waals surface area contributed by atoms with Crippen molar-refractivity contribution >= 4 is 5.97 Å². The number of nitrogens with zero attached hydrogens (tertiary/aromatic N) is 2. The molecule has 4 heteroatoms. The van der Waals surface area contributed by atoms with Gasteiger partial charge in [0, 0.05) is 5.92 Å². The molecular formula is C11H8N2O2. The average Bonchev–Trinajstić information content (AvgIpc) is 2.27. The molecule has 0 amide bonds. The van der Waals surface area contributed by atoms with Crippen LogP contribution in [0.1, 0.15) is 18.3 Å². The van der Waals surface area contributed by atoms with Gasteiger partial charge in [-0.3, -0.25) is 0 Å². The van der Waals surface area contributed by atoms with Crippen molar-refractivity contribution < 1.29 is 9.53 Å². The Kier molecular flexibility index (Phi) is 3.88. The summed E-state index contributed by atoms with van der Waals surface area (Å²) in [7, 11) is 0. The Labute approximate surface area is 87.5 Å². The van der Waals surface area contributed by atoms with Crippen LogP contribution in [0.25, 0.3) is 0 Å². The molecule has 0 radical (unpaired) electrons. The lowest BCUT2D eigenvalue weighted by Crippen LogP contribution is -1.99. The third-order valence-electron chi connectivity index (χ3n) is 1.43. The summed E-state index contributed by atoms with van der Waals surface area (Å²) in [5.74, 6) is 4.19. The quantitative estimate of drug-likeness (QED) is 0.498. The molecule has 0 saturated heterocycles. The Morgan fingerprint density at radius 2 is 2.27 bits per heavy atom. The highest BCUT2D eigenvalue weighted by Crippen LogP contribution is 1.95. The lowest BCUT2D eigenvalue weighted by Gasteiger charge is -1.91. The highest BCUT2D eigenvalue weighted by atomic mass is 16.5. The van der Waals surface area contributed by atoms with E-state index < -0.39 is 5.97 Å². The minimum absolute atomic E-state index is 0.269. The molecule has 0 unspecified atom stereocenters. The second-order valence-electron chi connectivity index (χ2n) is 2.49. The summed E-state index contributed by atoms with van der Waals surface area (Å²) >= 11 is 0. The molecule has 0 aromatic carbocycles. The second kappa shape index (κ2) is 5.41. The minimum Gasteiger partial charge on any atom is -0.456 e. The van der Waals surface area contributed by atoms with Crippen LogP contribution in [-0.4, -0.2) is 17.6 Å². The Hall–Kier alpha value is -2.33. The van der Waals surface area contributed by atoms with Crippen LogP contribution in [0.5, 0.6) is 0 Å². The molecule has 1 aromatic rings. The maximum atomic E-state index is 10.9. The highest BCUT2D eigenvalue weighted by molar-refractivity contribution is 5.88. The zero-order valence-electron chi connectivity index (χ0n) is 8.15. The monoisotopic (exact) mass is 200 g/mol. The van der Waals surface area contributed by atoms with Crippen molar-refractivity contribution in [1.82, 2.24) is 4.98 Å². The van der Waals surface area contributed by atoms with E-state index in [0.717, 1.165) is 0 Å². The van der Waals surface area contributed by atoms with Crippen molar-refractivity contribution in [1.29, 1.82) is 5.26 Å². The van der Waals surface area contributed by atoms with Crippen LogP contribution in [0, 0.1) is 23.2 Å². The van der Waals surface area contributed by atoms with Gasteiger partial charge in [0.05, 0.1) is 6.61 Å². The first-order valence-corrected chi connectivity index (χ1v) is 4.32. The van der Waals surface area contributed by atoms with Gasteiger partial charge in [0.1, 0.15) is 17.5 Å². The van der Waals surface area contributed by atoms with Crippen molar-refractivity contribution in [3.05, 3.63) is 29.6 Å². The van der Waals surface area contributed by atoms with Crippen LogP contribution >= 0.6 is 0 Å². The van der Waals surface area contributed by atoms with Gasteiger partial charge < -0.3 is 4.74 Å². The zero-order valence-corrected chi connectivity index (χ0v) is 8.15. The van der Waals surface area contributed by atoms with Crippen molar-refractivity contribution in [2.75, 3.05) is 6.61 Å². The van der Waals surface area contributed by atoms with E-state index in [9.17, 15) is 4.79 Å². The van der Waals surface area contributed by atoms with E-state index in [0.29, 0.717) is 12.3 Å². The zero-order chi connectivity index (χ0) is 11.1. The van der Waals surface area contributed by atoms with Crippen LogP contribution < -0.4 is 0 Å². The molecule has 0 aliphatic carbocycles. The smallest absolute Gasteiger partial charge is 0.384 e. The number of nitriles is 1. The maximum Gasteiger partial charge on any atom is 0.384 e. The Morgan fingerprint density at radius 3 is 2.93 bits per heavy atom. The number of carbonyl (C=O) groups is 1. The van der Waals surface area contributed by atoms with Gasteiger partial charge in [-0.05, 0) is 25.0 Å². The fourth-order valence-corrected chi connectivity index (χ4v) is 0.849. The number of aromatic nitrogens is 1. The summed E-state index contributed by atoms with van der Waals surface area (Å²) in [6.07, 6.45) is 0. The van der Waals surface area contributed by atoms with Crippen LogP contribution in [0.3, 0.4) is 0 Å². The summed E-state index contributed by atoms with van der Waals surface area (Å²) in [6, 6.07) is 6.72. The van der Waals surface area contributed by atoms with Crippen LogP contribution in [-0.2, 0) is 9.53 Å². The molecule has 0 spiro atoms. The predicted octanol–water partition coefficient (Wildman–Crippen LogP) is 0.868. The van der Waals surface area contributed by atoms with Crippen molar-refractivity contribution in [2.24, 2.45) is 0 Å². The number of carbonyl (C=O) groups excluding carboxylic acids is 1. The van der Waals surface area contributed by atoms with Gasteiger partial charge in [-0.25, -0.2) is 9.78 Å². The third-order valence-corrected chi connectivity index (χ3v) is 1.43. The maximum absolute atomic E-state index is 10.9. The number of hydrogen-bond acceptors (Lipinski definition) is 4. The Morgan fingerprint density at radius 1 is 1.53 bits per heavy atom. The lowest BCUT2D eigenvalue weighted by molar-refractivity contribution is -0.136. The predicted molar refractivity (Wildman–Crippen MR) is 52.5 cm³/mol. The number of hydrogen-bond donors (Lipinski definition) is 0. The first kappa shape index (κ1) is 10.7. The molecule has 0 bridgehead atoms. The number of esters is 1. The molecule has 0 atom stereocenters. The third kappa shape index (κ3) is 3.50. The lowest BCUT2D eigenvalue weighted by atomic mass is 10.3. The molecule has 74 valence electrons. The second-order valence-corrected chi connectivity index (χ2v) is 2.49. The molecular weight excluding hydrogens is 192 g/mol.